The molecule has 0 aliphatic carbocycles. The lowest BCUT2D eigenvalue weighted by molar-refractivity contribution is -0.131. The summed E-state index contributed by atoms with van der Waals surface area (Å²) in [5.41, 5.74) is 0. The summed E-state index contributed by atoms with van der Waals surface area (Å²) >= 11 is 0. The van der Waals surface area contributed by atoms with E-state index in [2.05, 4.69) is 4.90 Å². The first-order valence-corrected chi connectivity index (χ1v) is 5.21. The van der Waals surface area contributed by atoms with Gasteiger partial charge in [0, 0.05) is 38.5 Å². The average Bonchev–Trinajstić information content (AvgIpc) is 2.41. The Bertz CT molecular complexity index is 231. The first kappa shape index (κ1) is 12.0. The molecule has 0 bridgehead atoms. The predicted octanol–water partition coefficient (Wildman–Crippen LogP) is -0.415. The Balaban J connectivity index is 2.35. The lowest BCUT2D eigenvalue weighted by Gasteiger charge is -2.19. The highest BCUT2D eigenvalue weighted by atomic mass is 16.4. The fourth-order valence-corrected chi connectivity index (χ4v) is 1.67. The largest absolute Gasteiger partial charge is 0.478 e. The summed E-state index contributed by atoms with van der Waals surface area (Å²) in [6, 6.07) is 0. The van der Waals surface area contributed by atoms with Gasteiger partial charge in [-0.1, -0.05) is 0 Å². The van der Waals surface area contributed by atoms with E-state index >= 15 is 0 Å². The normalized spacial score (nSPS) is 19.4. The van der Waals surface area contributed by atoms with Gasteiger partial charge in [-0.15, -0.1) is 0 Å². The Morgan fingerprint density at radius 3 is 2.73 bits per heavy atom. The van der Waals surface area contributed by atoms with Crippen molar-refractivity contribution in [2.75, 3.05) is 39.3 Å². The quantitative estimate of drug-likeness (QED) is 0.623. The number of aliphatic carboxylic acids is 1. The summed E-state index contributed by atoms with van der Waals surface area (Å²) in [5, 5.41) is 17.3. The standard InChI is InChI=1S/C10H18N2O3/c13-9-8-12-4-1-3-11(6-7-12)5-2-10(14)15/h2,5,13H,1,3-4,6-9H2,(H,14,15)/b5-2+. The summed E-state index contributed by atoms with van der Waals surface area (Å²) in [7, 11) is 0. The fourth-order valence-electron chi connectivity index (χ4n) is 1.67. The van der Waals surface area contributed by atoms with Crippen molar-refractivity contribution >= 4 is 5.97 Å². The van der Waals surface area contributed by atoms with Crippen LogP contribution < -0.4 is 0 Å². The number of β-amino-alcohol motifs (C(OH)–C–C–N with tert-alkyl or cyclic N) is 1. The van der Waals surface area contributed by atoms with Crippen molar-refractivity contribution in [2.24, 2.45) is 0 Å². The summed E-state index contributed by atoms with van der Waals surface area (Å²) in [5.74, 6) is -0.911. The summed E-state index contributed by atoms with van der Waals surface area (Å²) < 4.78 is 0. The van der Waals surface area contributed by atoms with Gasteiger partial charge < -0.3 is 15.1 Å². The molecule has 0 atom stereocenters. The number of hydrogen-bond acceptors (Lipinski definition) is 4. The van der Waals surface area contributed by atoms with Gasteiger partial charge in [-0.25, -0.2) is 4.79 Å². The molecule has 0 aromatic carbocycles. The first-order valence-electron chi connectivity index (χ1n) is 5.21. The van der Waals surface area contributed by atoms with E-state index in [0.29, 0.717) is 6.54 Å². The van der Waals surface area contributed by atoms with Crippen LogP contribution in [0.1, 0.15) is 6.42 Å². The zero-order valence-corrected chi connectivity index (χ0v) is 8.80. The lowest BCUT2D eigenvalue weighted by atomic mass is 10.4. The molecule has 0 amide bonds. The molecule has 0 radical (unpaired) electrons. The minimum atomic E-state index is -0.911. The number of carboxylic acid groups (broad SMARTS) is 1. The maximum Gasteiger partial charge on any atom is 0.329 e. The van der Waals surface area contributed by atoms with Crippen molar-refractivity contribution in [3.05, 3.63) is 12.3 Å². The highest BCUT2D eigenvalue weighted by molar-refractivity contribution is 5.79. The van der Waals surface area contributed by atoms with Crippen molar-refractivity contribution in [2.45, 2.75) is 6.42 Å². The van der Waals surface area contributed by atoms with Crippen LogP contribution in [-0.2, 0) is 4.79 Å². The maximum absolute atomic E-state index is 10.3. The fraction of sp³-hybridized carbons (Fsp3) is 0.700. The molecule has 1 saturated heterocycles. The molecule has 5 nitrogen and oxygen atoms in total. The second-order valence-corrected chi connectivity index (χ2v) is 3.61. The van der Waals surface area contributed by atoms with E-state index in [9.17, 15) is 4.79 Å². The van der Waals surface area contributed by atoms with Gasteiger partial charge in [-0.05, 0) is 13.0 Å². The molecule has 5 heteroatoms. The Labute approximate surface area is 89.6 Å². The number of hydrogen-bond donors (Lipinski definition) is 2. The topological polar surface area (TPSA) is 64.0 Å². The first-order chi connectivity index (χ1) is 7.22. The van der Waals surface area contributed by atoms with E-state index in [1.807, 2.05) is 4.90 Å². The highest BCUT2D eigenvalue weighted by Crippen LogP contribution is 2.02. The van der Waals surface area contributed by atoms with Crippen molar-refractivity contribution in [3.63, 3.8) is 0 Å². The number of carboxylic acids is 1. The highest BCUT2D eigenvalue weighted by Gasteiger charge is 2.11. The minimum Gasteiger partial charge on any atom is -0.478 e. The number of carbonyl (C=O) groups is 1. The number of rotatable bonds is 4. The summed E-state index contributed by atoms with van der Waals surface area (Å²) in [6.45, 7) is 4.44. The Morgan fingerprint density at radius 2 is 2.07 bits per heavy atom. The van der Waals surface area contributed by atoms with E-state index in [1.54, 1.807) is 6.20 Å². The SMILES string of the molecule is O=C(O)/C=C/N1CCCN(CCO)CC1. The molecular weight excluding hydrogens is 196 g/mol. The molecule has 86 valence electrons. The van der Waals surface area contributed by atoms with Crippen LogP contribution in [0.25, 0.3) is 0 Å². The maximum atomic E-state index is 10.3. The van der Waals surface area contributed by atoms with Gasteiger partial charge in [-0.2, -0.15) is 0 Å². The Hall–Kier alpha value is -1.07. The van der Waals surface area contributed by atoms with Gasteiger partial charge in [0.2, 0.25) is 0 Å². The van der Waals surface area contributed by atoms with Crippen LogP contribution in [0.4, 0.5) is 0 Å². The van der Waals surface area contributed by atoms with Crippen LogP contribution in [-0.4, -0.2) is 65.3 Å². The molecule has 0 aromatic rings. The monoisotopic (exact) mass is 214 g/mol. The zero-order valence-electron chi connectivity index (χ0n) is 8.80. The third kappa shape index (κ3) is 4.80. The van der Waals surface area contributed by atoms with Gasteiger partial charge in [0.15, 0.2) is 0 Å². The average molecular weight is 214 g/mol. The molecule has 0 aromatic heterocycles. The second kappa shape index (κ2) is 6.42. The summed E-state index contributed by atoms with van der Waals surface area (Å²) in [4.78, 5) is 14.5. The Morgan fingerprint density at radius 1 is 1.27 bits per heavy atom. The predicted molar refractivity (Wildman–Crippen MR) is 56.5 cm³/mol. The van der Waals surface area contributed by atoms with Gasteiger partial charge in [0.1, 0.15) is 0 Å². The molecule has 1 aliphatic rings. The third-order valence-electron chi connectivity index (χ3n) is 2.47. The number of aliphatic hydroxyl groups excluding tert-OH is 1. The van der Waals surface area contributed by atoms with Gasteiger partial charge in [-0.3, -0.25) is 4.90 Å². The van der Waals surface area contributed by atoms with Crippen molar-refractivity contribution < 1.29 is 15.0 Å². The smallest absolute Gasteiger partial charge is 0.329 e. The second-order valence-electron chi connectivity index (χ2n) is 3.61. The molecule has 0 unspecified atom stereocenters. The van der Waals surface area contributed by atoms with Gasteiger partial charge >= 0.3 is 5.97 Å². The number of nitrogens with zero attached hydrogens (tertiary/aromatic N) is 2. The van der Waals surface area contributed by atoms with Crippen LogP contribution in [0.15, 0.2) is 12.3 Å². The van der Waals surface area contributed by atoms with E-state index in [4.69, 9.17) is 10.2 Å². The van der Waals surface area contributed by atoms with Gasteiger partial charge in [0.05, 0.1) is 6.61 Å². The van der Waals surface area contributed by atoms with E-state index in [-0.39, 0.29) is 6.61 Å². The van der Waals surface area contributed by atoms with Crippen LogP contribution in [0, 0.1) is 0 Å². The third-order valence-corrected chi connectivity index (χ3v) is 2.47. The molecule has 0 saturated carbocycles. The molecule has 1 fully saturated rings. The van der Waals surface area contributed by atoms with Crippen LogP contribution in [0.2, 0.25) is 0 Å². The zero-order chi connectivity index (χ0) is 11.1. The molecular formula is C10H18N2O3. The summed E-state index contributed by atoms with van der Waals surface area (Å²) in [6.07, 6.45) is 3.80. The molecule has 1 aliphatic heterocycles. The minimum absolute atomic E-state index is 0.185. The van der Waals surface area contributed by atoms with Crippen molar-refractivity contribution in [1.82, 2.24) is 9.80 Å². The molecule has 0 spiro atoms. The van der Waals surface area contributed by atoms with Crippen LogP contribution >= 0.6 is 0 Å². The van der Waals surface area contributed by atoms with E-state index in [1.165, 1.54) is 6.08 Å². The van der Waals surface area contributed by atoms with E-state index in [0.717, 1.165) is 32.6 Å². The molecule has 15 heavy (non-hydrogen) atoms. The lowest BCUT2D eigenvalue weighted by Crippen LogP contribution is -2.30. The van der Waals surface area contributed by atoms with Gasteiger partial charge in [0.25, 0.3) is 0 Å². The Kier molecular flexibility index (Phi) is 5.14. The molecule has 1 rings (SSSR count). The molecule has 1 heterocycles. The van der Waals surface area contributed by atoms with Crippen LogP contribution in [0.3, 0.4) is 0 Å². The van der Waals surface area contributed by atoms with Crippen LogP contribution in [0.5, 0.6) is 0 Å². The number of aliphatic hydroxyl groups is 1. The van der Waals surface area contributed by atoms with Crippen molar-refractivity contribution in [1.29, 1.82) is 0 Å². The molecule has 2 N–H and O–H groups in total. The van der Waals surface area contributed by atoms with Crippen molar-refractivity contribution in [3.8, 4) is 0 Å². The van der Waals surface area contributed by atoms with E-state index < -0.39 is 5.97 Å².